The Morgan fingerprint density at radius 1 is 1.31 bits per heavy atom. The minimum absolute atomic E-state index is 0.135. The number of hydrogen-bond donors (Lipinski definition) is 2. The van der Waals surface area contributed by atoms with Crippen molar-refractivity contribution in [2.24, 2.45) is 4.99 Å². The van der Waals surface area contributed by atoms with Gasteiger partial charge in [0.25, 0.3) is 0 Å². The second kappa shape index (κ2) is 6.07. The zero-order chi connectivity index (χ0) is 18.3. The molecule has 3 heterocycles. The number of allylic oxidation sites excluding steroid dienone is 1. The first-order valence-corrected chi connectivity index (χ1v) is 8.01. The number of nitrogens with zero attached hydrogens (tertiary/aromatic N) is 4. The maximum Gasteiger partial charge on any atom is 0.335 e. The van der Waals surface area contributed by atoms with E-state index >= 15 is 0 Å². The molecule has 2 aliphatic heterocycles. The third kappa shape index (κ3) is 2.71. The second-order valence-corrected chi connectivity index (χ2v) is 6.08. The summed E-state index contributed by atoms with van der Waals surface area (Å²) >= 11 is 0. The third-order valence-electron chi connectivity index (χ3n) is 4.35. The Kier molecular flexibility index (Phi) is 3.72. The van der Waals surface area contributed by atoms with Crippen molar-refractivity contribution in [1.29, 1.82) is 0 Å². The van der Waals surface area contributed by atoms with Crippen LogP contribution in [-0.4, -0.2) is 39.7 Å². The highest BCUT2D eigenvalue weighted by Gasteiger charge is 2.32. The molecule has 0 radical (unpaired) electrons. The molecule has 26 heavy (non-hydrogen) atoms. The highest BCUT2D eigenvalue weighted by atomic mass is 16.4. The Morgan fingerprint density at radius 2 is 2.15 bits per heavy atom. The van der Waals surface area contributed by atoms with Gasteiger partial charge in [0, 0.05) is 17.4 Å². The van der Waals surface area contributed by atoms with Gasteiger partial charge in [-0.2, -0.15) is 0 Å². The van der Waals surface area contributed by atoms with Gasteiger partial charge in [0.15, 0.2) is 5.82 Å². The summed E-state index contributed by atoms with van der Waals surface area (Å²) in [5.74, 6) is 0.0641. The molecule has 0 atom stereocenters. The predicted octanol–water partition coefficient (Wildman–Crippen LogP) is 1.31. The van der Waals surface area contributed by atoms with Crippen LogP contribution in [0, 0.1) is 0 Å². The summed E-state index contributed by atoms with van der Waals surface area (Å²) < 4.78 is 0. The van der Waals surface area contributed by atoms with E-state index in [1.165, 1.54) is 11.0 Å². The Hall–Kier alpha value is -3.55. The van der Waals surface area contributed by atoms with Gasteiger partial charge in [0.2, 0.25) is 5.91 Å². The van der Waals surface area contributed by atoms with Crippen molar-refractivity contribution in [3.8, 4) is 0 Å². The minimum Gasteiger partial charge on any atom is -0.478 e. The van der Waals surface area contributed by atoms with Crippen molar-refractivity contribution in [2.45, 2.75) is 13.0 Å². The topological polar surface area (TPSA) is 122 Å². The zero-order valence-corrected chi connectivity index (χ0v) is 13.7. The van der Waals surface area contributed by atoms with Crippen molar-refractivity contribution < 1.29 is 14.7 Å². The SMILES string of the molecule is Nc1nc(C2=CC=NC2)nc2c1CC(=O)N2Cc1cccc(C(=O)O)c1. The number of carboxylic acid groups (broad SMARTS) is 1. The Morgan fingerprint density at radius 3 is 2.88 bits per heavy atom. The van der Waals surface area contributed by atoms with Crippen LogP contribution < -0.4 is 10.6 Å². The Bertz CT molecular complexity index is 996. The molecular formula is C18H15N5O3. The lowest BCUT2D eigenvalue weighted by Crippen LogP contribution is -2.27. The molecule has 3 N–H and O–H groups in total. The number of fused-ring (bicyclic) bond motifs is 1. The number of aromatic carboxylic acids is 1. The first kappa shape index (κ1) is 15.9. The van der Waals surface area contributed by atoms with Crippen LogP contribution in [-0.2, 0) is 17.8 Å². The number of benzene rings is 1. The van der Waals surface area contributed by atoms with Gasteiger partial charge >= 0.3 is 5.97 Å². The molecule has 0 bridgehead atoms. The van der Waals surface area contributed by atoms with Gasteiger partial charge in [-0.25, -0.2) is 14.8 Å². The third-order valence-corrected chi connectivity index (χ3v) is 4.35. The normalized spacial score (nSPS) is 15.3. The van der Waals surface area contributed by atoms with Gasteiger partial charge in [0.1, 0.15) is 11.6 Å². The first-order valence-electron chi connectivity index (χ1n) is 8.01. The van der Waals surface area contributed by atoms with Crippen LogP contribution in [0.4, 0.5) is 11.6 Å². The van der Waals surface area contributed by atoms with Gasteiger partial charge < -0.3 is 10.8 Å². The van der Waals surface area contributed by atoms with Crippen LogP contribution in [0.25, 0.3) is 5.57 Å². The van der Waals surface area contributed by atoms with E-state index in [2.05, 4.69) is 15.0 Å². The number of hydrogen-bond acceptors (Lipinski definition) is 6. The monoisotopic (exact) mass is 349 g/mol. The maximum atomic E-state index is 12.5. The number of aromatic nitrogens is 2. The largest absolute Gasteiger partial charge is 0.478 e. The van der Waals surface area contributed by atoms with Crippen LogP contribution in [0.2, 0.25) is 0 Å². The van der Waals surface area contributed by atoms with Crippen molar-refractivity contribution in [3.05, 3.63) is 52.9 Å². The summed E-state index contributed by atoms with van der Waals surface area (Å²) in [5.41, 5.74) is 8.36. The van der Waals surface area contributed by atoms with Crippen LogP contribution >= 0.6 is 0 Å². The maximum absolute atomic E-state index is 12.5. The number of amides is 1. The van der Waals surface area contributed by atoms with Crippen LogP contribution in [0.15, 0.2) is 35.3 Å². The molecule has 1 aromatic carbocycles. The van der Waals surface area contributed by atoms with Gasteiger partial charge in [-0.05, 0) is 23.8 Å². The molecule has 0 saturated heterocycles. The molecule has 130 valence electrons. The number of nitrogens with two attached hydrogens (primary N) is 1. The van der Waals surface area contributed by atoms with E-state index in [4.69, 9.17) is 10.8 Å². The highest BCUT2D eigenvalue weighted by Crippen LogP contribution is 2.33. The molecule has 0 aliphatic carbocycles. The number of anilines is 2. The van der Waals surface area contributed by atoms with E-state index in [9.17, 15) is 9.59 Å². The molecule has 0 unspecified atom stereocenters. The van der Waals surface area contributed by atoms with E-state index in [0.29, 0.717) is 29.3 Å². The lowest BCUT2D eigenvalue weighted by atomic mass is 10.1. The summed E-state index contributed by atoms with van der Waals surface area (Å²) in [7, 11) is 0. The molecule has 1 amide bonds. The molecule has 1 aromatic heterocycles. The first-order chi connectivity index (χ1) is 12.5. The van der Waals surface area contributed by atoms with Crippen molar-refractivity contribution in [1.82, 2.24) is 9.97 Å². The molecule has 4 rings (SSSR count). The fraction of sp³-hybridized carbons (Fsp3) is 0.167. The van der Waals surface area contributed by atoms with E-state index in [0.717, 1.165) is 5.57 Å². The summed E-state index contributed by atoms with van der Waals surface area (Å²) in [4.78, 5) is 38.1. The number of rotatable bonds is 4. The van der Waals surface area contributed by atoms with Crippen molar-refractivity contribution in [2.75, 3.05) is 17.2 Å². The summed E-state index contributed by atoms with van der Waals surface area (Å²) in [6, 6.07) is 6.49. The van der Waals surface area contributed by atoms with E-state index in [1.807, 2.05) is 6.08 Å². The average molecular weight is 349 g/mol. The quantitative estimate of drug-likeness (QED) is 0.858. The summed E-state index contributed by atoms with van der Waals surface area (Å²) in [6.45, 7) is 0.700. The molecule has 0 saturated carbocycles. The molecule has 0 fully saturated rings. The average Bonchev–Trinajstić information content (AvgIpc) is 3.25. The predicted molar refractivity (Wildman–Crippen MR) is 96.1 cm³/mol. The number of carbonyl (C=O) groups excluding carboxylic acids is 1. The highest BCUT2D eigenvalue weighted by molar-refractivity contribution is 6.02. The minimum atomic E-state index is -1.01. The number of nitrogen functional groups attached to an aromatic ring is 1. The van der Waals surface area contributed by atoms with E-state index in [1.54, 1.807) is 24.4 Å². The molecule has 2 aromatic rings. The molecular weight excluding hydrogens is 334 g/mol. The smallest absolute Gasteiger partial charge is 0.335 e. The fourth-order valence-corrected chi connectivity index (χ4v) is 3.03. The molecule has 2 aliphatic rings. The van der Waals surface area contributed by atoms with E-state index < -0.39 is 5.97 Å². The zero-order valence-electron chi connectivity index (χ0n) is 13.7. The number of carboxylic acids is 1. The van der Waals surface area contributed by atoms with Crippen LogP contribution in [0.5, 0.6) is 0 Å². The van der Waals surface area contributed by atoms with Gasteiger partial charge in [0.05, 0.1) is 25.1 Å². The van der Waals surface area contributed by atoms with Gasteiger partial charge in [-0.3, -0.25) is 14.7 Å². The Labute approximate surface area is 148 Å². The van der Waals surface area contributed by atoms with E-state index in [-0.39, 0.29) is 30.3 Å². The summed E-state index contributed by atoms with van der Waals surface area (Å²) in [5, 5.41) is 9.14. The van der Waals surface area contributed by atoms with Crippen molar-refractivity contribution >= 4 is 35.3 Å². The lowest BCUT2D eigenvalue weighted by molar-refractivity contribution is -0.117. The lowest BCUT2D eigenvalue weighted by Gasteiger charge is -2.17. The fourth-order valence-electron chi connectivity index (χ4n) is 3.03. The summed E-state index contributed by atoms with van der Waals surface area (Å²) in [6.07, 6.45) is 3.64. The van der Waals surface area contributed by atoms with Crippen LogP contribution in [0.1, 0.15) is 27.3 Å². The van der Waals surface area contributed by atoms with Gasteiger partial charge in [-0.15, -0.1) is 0 Å². The number of aliphatic imine (C=N–C) groups is 1. The van der Waals surface area contributed by atoms with Crippen molar-refractivity contribution in [3.63, 3.8) is 0 Å². The Balaban J connectivity index is 1.70. The van der Waals surface area contributed by atoms with Gasteiger partial charge in [-0.1, -0.05) is 12.1 Å². The standard InChI is InChI=1S/C18H15N5O3/c19-15-13-7-14(24)23(9-10-2-1-3-11(6-10)18(25)26)17(13)22-16(21-15)12-4-5-20-8-12/h1-6H,7-9H2,(H,25,26)(H2,19,21,22). The number of carbonyl (C=O) groups is 2. The molecule has 8 nitrogen and oxygen atoms in total. The second-order valence-electron chi connectivity index (χ2n) is 6.08. The molecule has 8 heteroatoms. The van der Waals surface area contributed by atoms with Crippen LogP contribution in [0.3, 0.4) is 0 Å². The molecule has 0 spiro atoms.